The predicted molar refractivity (Wildman–Crippen MR) is 40.6 cm³/mol. The van der Waals surface area contributed by atoms with Gasteiger partial charge < -0.3 is 10.2 Å². The standard InChI is InChI=1S/C6H9N3O2/c1-5(10)11-9-6-2-7-4-8-3-6/h4H,2-3H2,1H3,(H,7,8). The molecule has 0 bridgehead atoms. The van der Waals surface area contributed by atoms with Gasteiger partial charge in [0.15, 0.2) is 0 Å². The summed E-state index contributed by atoms with van der Waals surface area (Å²) in [5.41, 5.74) is 0.725. The number of nitrogens with one attached hydrogen (secondary N) is 1. The number of rotatable bonds is 1. The van der Waals surface area contributed by atoms with Crippen LogP contribution in [0.1, 0.15) is 6.92 Å². The molecule has 0 amide bonds. The molecule has 0 radical (unpaired) electrons. The van der Waals surface area contributed by atoms with Gasteiger partial charge in [-0.2, -0.15) is 0 Å². The van der Waals surface area contributed by atoms with Gasteiger partial charge in [0.25, 0.3) is 0 Å². The molecule has 1 aliphatic rings. The lowest BCUT2D eigenvalue weighted by Crippen LogP contribution is -2.28. The van der Waals surface area contributed by atoms with Crippen molar-refractivity contribution in [3.63, 3.8) is 0 Å². The molecule has 0 aromatic carbocycles. The Kier molecular flexibility index (Phi) is 2.59. The average Bonchev–Trinajstić information content (AvgIpc) is 2.03. The van der Waals surface area contributed by atoms with Crippen LogP contribution in [0.25, 0.3) is 0 Å². The monoisotopic (exact) mass is 155 g/mol. The van der Waals surface area contributed by atoms with E-state index in [0.29, 0.717) is 13.1 Å². The Balaban J connectivity index is 2.40. The van der Waals surface area contributed by atoms with Gasteiger partial charge >= 0.3 is 5.97 Å². The van der Waals surface area contributed by atoms with Gasteiger partial charge in [-0.15, -0.1) is 0 Å². The topological polar surface area (TPSA) is 63.0 Å². The summed E-state index contributed by atoms with van der Waals surface area (Å²) in [4.78, 5) is 18.6. The van der Waals surface area contributed by atoms with Crippen LogP contribution >= 0.6 is 0 Å². The van der Waals surface area contributed by atoms with Crippen molar-refractivity contribution in [1.29, 1.82) is 0 Å². The van der Waals surface area contributed by atoms with E-state index in [1.165, 1.54) is 6.92 Å². The van der Waals surface area contributed by atoms with Crippen molar-refractivity contribution in [2.24, 2.45) is 10.1 Å². The molecule has 0 aromatic heterocycles. The van der Waals surface area contributed by atoms with E-state index in [1.807, 2.05) is 0 Å². The number of hydrogen-bond donors (Lipinski definition) is 1. The maximum absolute atomic E-state index is 10.3. The van der Waals surface area contributed by atoms with Gasteiger partial charge in [0, 0.05) is 6.92 Å². The first-order valence-electron chi connectivity index (χ1n) is 3.24. The average molecular weight is 155 g/mol. The minimum atomic E-state index is -0.410. The predicted octanol–water partition coefficient (Wildman–Crippen LogP) is -0.463. The second-order valence-electron chi connectivity index (χ2n) is 2.09. The SMILES string of the molecule is CC(=O)ON=C1CN=CNC1. The van der Waals surface area contributed by atoms with Gasteiger partial charge in [0.2, 0.25) is 0 Å². The maximum atomic E-state index is 10.3. The number of carbonyl (C=O) groups is 1. The molecule has 1 rings (SSSR count). The summed E-state index contributed by atoms with van der Waals surface area (Å²) >= 11 is 0. The molecule has 5 nitrogen and oxygen atoms in total. The molecule has 5 heteroatoms. The molecule has 0 atom stereocenters. The number of carbonyl (C=O) groups excluding carboxylic acids is 1. The molecule has 1 N–H and O–H groups in total. The molecule has 1 aliphatic heterocycles. The number of nitrogens with zero attached hydrogens (tertiary/aromatic N) is 2. The van der Waals surface area contributed by atoms with Crippen LogP contribution in [0.3, 0.4) is 0 Å². The van der Waals surface area contributed by atoms with E-state index in [9.17, 15) is 4.79 Å². The third-order valence-electron chi connectivity index (χ3n) is 1.07. The minimum absolute atomic E-state index is 0.410. The van der Waals surface area contributed by atoms with Gasteiger partial charge in [-0.3, -0.25) is 4.99 Å². The Hall–Kier alpha value is -1.39. The van der Waals surface area contributed by atoms with Gasteiger partial charge in [-0.05, 0) is 0 Å². The zero-order valence-corrected chi connectivity index (χ0v) is 6.20. The summed E-state index contributed by atoms with van der Waals surface area (Å²) in [6.45, 7) is 2.40. The van der Waals surface area contributed by atoms with Crippen LogP contribution in [0.5, 0.6) is 0 Å². The van der Waals surface area contributed by atoms with E-state index in [4.69, 9.17) is 0 Å². The molecular weight excluding hydrogens is 146 g/mol. The molecule has 0 fully saturated rings. The van der Waals surface area contributed by atoms with E-state index in [-0.39, 0.29) is 0 Å². The molecule has 0 aliphatic carbocycles. The fourth-order valence-corrected chi connectivity index (χ4v) is 0.625. The highest BCUT2D eigenvalue weighted by Crippen LogP contribution is 1.86. The third kappa shape index (κ3) is 2.79. The van der Waals surface area contributed by atoms with Crippen LogP contribution < -0.4 is 5.32 Å². The molecular formula is C6H9N3O2. The number of hydrogen-bond acceptors (Lipinski definition) is 5. The highest BCUT2D eigenvalue weighted by molar-refractivity contribution is 5.92. The van der Waals surface area contributed by atoms with Crippen molar-refractivity contribution < 1.29 is 9.63 Å². The van der Waals surface area contributed by atoms with Gasteiger partial charge in [-0.1, -0.05) is 5.16 Å². The number of aliphatic imine (C=N–C) groups is 1. The van der Waals surface area contributed by atoms with Gasteiger partial charge in [0.1, 0.15) is 0 Å². The van der Waals surface area contributed by atoms with Crippen LogP contribution in [0, 0.1) is 0 Å². The molecule has 0 spiro atoms. The Morgan fingerprint density at radius 1 is 1.91 bits per heavy atom. The molecule has 11 heavy (non-hydrogen) atoms. The first-order valence-corrected chi connectivity index (χ1v) is 3.24. The lowest BCUT2D eigenvalue weighted by molar-refractivity contribution is -0.140. The molecule has 0 saturated heterocycles. The second-order valence-corrected chi connectivity index (χ2v) is 2.09. The van der Waals surface area contributed by atoms with Crippen LogP contribution in [-0.2, 0) is 9.63 Å². The van der Waals surface area contributed by atoms with Crippen LogP contribution in [0.2, 0.25) is 0 Å². The molecule has 60 valence electrons. The van der Waals surface area contributed by atoms with Crippen molar-refractivity contribution in [1.82, 2.24) is 5.32 Å². The largest absolute Gasteiger partial charge is 0.371 e. The van der Waals surface area contributed by atoms with E-state index < -0.39 is 5.97 Å². The zero-order valence-electron chi connectivity index (χ0n) is 6.20. The molecule has 0 saturated carbocycles. The van der Waals surface area contributed by atoms with Crippen LogP contribution in [0.15, 0.2) is 10.1 Å². The third-order valence-corrected chi connectivity index (χ3v) is 1.07. The Morgan fingerprint density at radius 2 is 2.73 bits per heavy atom. The number of oxime groups is 1. The van der Waals surface area contributed by atoms with Gasteiger partial charge in [0.05, 0.1) is 25.1 Å². The van der Waals surface area contributed by atoms with Gasteiger partial charge in [-0.25, -0.2) is 4.79 Å². The first kappa shape index (κ1) is 7.71. The smallest absolute Gasteiger partial charge is 0.331 e. The van der Waals surface area contributed by atoms with Crippen LogP contribution in [-0.4, -0.2) is 31.1 Å². The quantitative estimate of drug-likeness (QED) is 0.411. The second kappa shape index (κ2) is 3.70. The zero-order chi connectivity index (χ0) is 8.10. The minimum Gasteiger partial charge on any atom is -0.371 e. The van der Waals surface area contributed by atoms with Crippen molar-refractivity contribution in [3.8, 4) is 0 Å². The fraction of sp³-hybridized carbons (Fsp3) is 0.500. The summed E-state index contributed by atoms with van der Waals surface area (Å²) in [5, 5.41) is 6.42. The van der Waals surface area contributed by atoms with Crippen molar-refractivity contribution in [2.75, 3.05) is 13.1 Å². The van der Waals surface area contributed by atoms with E-state index in [1.54, 1.807) is 6.34 Å². The van der Waals surface area contributed by atoms with E-state index in [2.05, 4.69) is 20.3 Å². The lowest BCUT2D eigenvalue weighted by Gasteiger charge is -2.06. The Bertz CT molecular complexity index is 210. The highest BCUT2D eigenvalue weighted by atomic mass is 16.7. The lowest BCUT2D eigenvalue weighted by atomic mass is 10.3. The Morgan fingerprint density at radius 3 is 3.27 bits per heavy atom. The summed E-state index contributed by atoms with van der Waals surface area (Å²) in [5.74, 6) is -0.410. The highest BCUT2D eigenvalue weighted by Gasteiger charge is 2.02. The first-order chi connectivity index (χ1) is 5.29. The van der Waals surface area contributed by atoms with E-state index >= 15 is 0 Å². The maximum Gasteiger partial charge on any atom is 0.331 e. The normalized spacial score (nSPS) is 19.5. The van der Waals surface area contributed by atoms with E-state index in [0.717, 1.165) is 5.71 Å². The molecule has 0 unspecified atom stereocenters. The summed E-state index contributed by atoms with van der Waals surface area (Å²) in [6, 6.07) is 0. The Labute approximate surface area is 64.1 Å². The van der Waals surface area contributed by atoms with Crippen LogP contribution in [0.4, 0.5) is 0 Å². The van der Waals surface area contributed by atoms with Crippen molar-refractivity contribution in [3.05, 3.63) is 0 Å². The van der Waals surface area contributed by atoms with Crippen molar-refractivity contribution >= 4 is 18.0 Å². The summed E-state index contributed by atoms with van der Waals surface area (Å²) < 4.78 is 0. The molecule has 0 aromatic rings. The summed E-state index contributed by atoms with van der Waals surface area (Å²) in [6.07, 6.45) is 1.60. The fourth-order valence-electron chi connectivity index (χ4n) is 0.625. The molecule has 1 heterocycles. The summed E-state index contributed by atoms with van der Waals surface area (Å²) in [7, 11) is 0. The van der Waals surface area contributed by atoms with Crippen molar-refractivity contribution in [2.45, 2.75) is 6.92 Å².